The Hall–Kier alpha value is -3.15. The SMILES string of the molecule is C[C@@H]1CN(C(=O)c2cccc(C(=O)N(C)c3ccccc3)c2)C[C@H]1C(=O)O. The molecule has 1 aliphatic heterocycles. The number of rotatable bonds is 4. The van der Waals surface area contributed by atoms with Crippen molar-refractivity contribution < 1.29 is 19.5 Å². The van der Waals surface area contributed by atoms with Gasteiger partial charge in [-0.1, -0.05) is 31.2 Å². The fourth-order valence-electron chi connectivity index (χ4n) is 3.38. The molecule has 0 spiro atoms. The molecule has 2 atom stereocenters. The molecule has 1 heterocycles. The Morgan fingerprint density at radius 2 is 1.67 bits per heavy atom. The molecule has 27 heavy (non-hydrogen) atoms. The number of likely N-dealkylation sites (tertiary alicyclic amines) is 1. The Balaban J connectivity index is 1.78. The van der Waals surface area contributed by atoms with Gasteiger partial charge in [0.25, 0.3) is 11.8 Å². The van der Waals surface area contributed by atoms with E-state index in [9.17, 15) is 19.5 Å². The second-order valence-electron chi connectivity index (χ2n) is 6.91. The number of aliphatic carboxylic acids is 1. The summed E-state index contributed by atoms with van der Waals surface area (Å²) in [6, 6.07) is 15.8. The number of hydrogen-bond acceptors (Lipinski definition) is 3. The van der Waals surface area contributed by atoms with Crippen molar-refractivity contribution in [2.24, 2.45) is 11.8 Å². The summed E-state index contributed by atoms with van der Waals surface area (Å²) in [5.41, 5.74) is 1.56. The van der Waals surface area contributed by atoms with Gasteiger partial charge < -0.3 is 14.9 Å². The zero-order chi connectivity index (χ0) is 19.6. The smallest absolute Gasteiger partial charge is 0.308 e. The summed E-state index contributed by atoms with van der Waals surface area (Å²) in [5, 5.41) is 9.25. The number of carbonyl (C=O) groups is 3. The molecule has 1 saturated heterocycles. The van der Waals surface area contributed by atoms with E-state index in [1.54, 1.807) is 36.2 Å². The van der Waals surface area contributed by atoms with E-state index in [-0.39, 0.29) is 24.3 Å². The van der Waals surface area contributed by atoms with Crippen molar-refractivity contribution in [3.63, 3.8) is 0 Å². The maximum atomic E-state index is 12.8. The van der Waals surface area contributed by atoms with Crippen molar-refractivity contribution in [2.75, 3.05) is 25.0 Å². The lowest BCUT2D eigenvalue weighted by Crippen LogP contribution is -2.30. The molecular formula is C21H22N2O4. The third kappa shape index (κ3) is 3.84. The summed E-state index contributed by atoms with van der Waals surface area (Å²) in [6.45, 7) is 2.43. The Bertz CT molecular complexity index is 865. The Morgan fingerprint density at radius 1 is 1.00 bits per heavy atom. The summed E-state index contributed by atoms with van der Waals surface area (Å²) in [4.78, 5) is 39.9. The second kappa shape index (κ2) is 7.61. The number of amides is 2. The van der Waals surface area contributed by atoms with Crippen LogP contribution in [0.3, 0.4) is 0 Å². The average Bonchev–Trinajstić information content (AvgIpc) is 3.09. The van der Waals surface area contributed by atoms with Crippen LogP contribution in [0.2, 0.25) is 0 Å². The number of para-hydroxylation sites is 1. The zero-order valence-corrected chi connectivity index (χ0v) is 15.3. The minimum absolute atomic E-state index is 0.0968. The summed E-state index contributed by atoms with van der Waals surface area (Å²) < 4.78 is 0. The van der Waals surface area contributed by atoms with E-state index in [0.717, 1.165) is 5.69 Å². The topological polar surface area (TPSA) is 77.9 Å². The maximum absolute atomic E-state index is 12.8. The van der Waals surface area contributed by atoms with Gasteiger partial charge in [0.15, 0.2) is 0 Å². The van der Waals surface area contributed by atoms with Gasteiger partial charge in [0.1, 0.15) is 0 Å². The van der Waals surface area contributed by atoms with Crippen LogP contribution < -0.4 is 4.90 Å². The van der Waals surface area contributed by atoms with Crippen LogP contribution in [0.4, 0.5) is 5.69 Å². The van der Waals surface area contributed by atoms with Crippen LogP contribution in [0.25, 0.3) is 0 Å². The molecule has 0 saturated carbocycles. The van der Waals surface area contributed by atoms with Gasteiger partial charge in [0.05, 0.1) is 5.92 Å². The summed E-state index contributed by atoms with van der Waals surface area (Å²) in [5.74, 6) is -1.99. The second-order valence-corrected chi connectivity index (χ2v) is 6.91. The van der Waals surface area contributed by atoms with Crippen LogP contribution in [0.5, 0.6) is 0 Å². The molecule has 1 N–H and O–H groups in total. The number of hydrogen-bond donors (Lipinski definition) is 1. The molecule has 0 bridgehead atoms. The van der Waals surface area contributed by atoms with E-state index in [1.165, 1.54) is 4.90 Å². The van der Waals surface area contributed by atoms with Gasteiger partial charge >= 0.3 is 5.97 Å². The maximum Gasteiger partial charge on any atom is 0.308 e. The Morgan fingerprint density at radius 3 is 2.30 bits per heavy atom. The number of anilines is 1. The van der Waals surface area contributed by atoms with E-state index >= 15 is 0 Å². The van der Waals surface area contributed by atoms with Crippen LogP contribution in [-0.2, 0) is 4.79 Å². The molecule has 0 unspecified atom stereocenters. The van der Waals surface area contributed by atoms with Gasteiger partial charge in [-0.3, -0.25) is 14.4 Å². The third-order valence-corrected chi connectivity index (χ3v) is 5.02. The minimum Gasteiger partial charge on any atom is -0.481 e. The fraction of sp³-hybridized carbons (Fsp3) is 0.286. The normalized spacial score (nSPS) is 19.0. The minimum atomic E-state index is -0.883. The molecular weight excluding hydrogens is 344 g/mol. The van der Waals surface area contributed by atoms with Gasteiger partial charge in [0, 0.05) is 37.0 Å². The van der Waals surface area contributed by atoms with Crippen LogP contribution in [0.15, 0.2) is 54.6 Å². The highest BCUT2D eigenvalue weighted by Gasteiger charge is 2.37. The number of benzene rings is 2. The third-order valence-electron chi connectivity index (χ3n) is 5.02. The molecule has 2 aromatic carbocycles. The molecule has 0 aliphatic carbocycles. The lowest BCUT2D eigenvalue weighted by molar-refractivity contribution is -0.142. The number of nitrogens with zero attached hydrogens (tertiary/aromatic N) is 2. The van der Waals surface area contributed by atoms with E-state index in [0.29, 0.717) is 17.7 Å². The molecule has 3 rings (SSSR count). The van der Waals surface area contributed by atoms with E-state index in [1.807, 2.05) is 37.3 Å². The lowest BCUT2D eigenvalue weighted by Gasteiger charge is -2.19. The van der Waals surface area contributed by atoms with Gasteiger partial charge in [-0.05, 0) is 36.2 Å². The lowest BCUT2D eigenvalue weighted by atomic mass is 9.99. The first-order valence-corrected chi connectivity index (χ1v) is 8.83. The highest BCUT2D eigenvalue weighted by Crippen LogP contribution is 2.25. The molecule has 2 amide bonds. The van der Waals surface area contributed by atoms with E-state index < -0.39 is 11.9 Å². The first-order chi connectivity index (χ1) is 12.9. The molecule has 0 aromatic heterocycles. The molecule has 140 valence electrons. The summed E-state index contributed by atoms with van der Waals surface area (Å²) >= 11 is 0. The van der Waals surface area contributed by atoms with Crippen molar-refractivity contribution in [3.05, 3.63) is 65.7 Å². The highest BCUT2D eigenvalue weighted by atomic mass is 16.4. The highest BCUT2D eigenvalue weighted by molar-refractivity contribution is 6.07. The largest absolute Gasteiger partial charge is 0.481 e. The molecule has 6 heteroatoms. The zero-order valence-electron chi connectivity index (χ0n) is 15.3. The van der Waals surface area contributed by atoms with Crippen LogP contribution in [0.1, 0.15) is 27.6 Å². The van der Waals surface area contributed by atoms with Crippen molar-refractivity contribution in [3.8, 4) is 0 Å². The van der Waals surface area contributed by atoms with Crippen LogP contribution in [0, 0.1) is 11.8 Å². The van der Waals surface area contributed by atoms with Crippen molar-refractivity contribution in [2.45, 2.75) is 6.92 Å². The van der Waals surface area contributed by atoms with Gasteiger partial charge in [-0.15, -0.1) is 0 Å². The standard InChI is InChI=1S/C21H22N2O4/c1-14-12-23(13-18(14)21(26)27)20(25)16-8-6-7-15(11-16)19(24)22(2)17-9-4-3-5-10-17/h3-11,14,18H,12-13H2,1-2H3,(H,26,27)/t14-,18-/m1/s1. The number of carbonyl (C=O) groups excluding carboxylic acids is 2. The van der Waals surface area contributed by atoms with Gasteiger partial charge in [-0.2, -0.15) is 0 Å². The molecule has 1 aliphatic rings. The van der Waals surface area contributed by atoms with Crippen LogP contribution in [-0.4, -0.2) is 47.9 Å². The van der Waals surface area contributed by atoms with Crippen LogP contribution >= 0.6 is 0 Å². The molecule has 6 nitrogen and oxygen atoms in total. The van der Waals surface area contributed by atoms with Gasteiger partial charge in [0.2, 0.25) is 0 Å². The van der Waals surface area contributed by atoms with E-state index in [4.69, 9.17) is 0 Å². The molecule has 0 radical (unpaired) electrons. The Labute approximate surface area is 158 Å². The summed E-state index contributed by atoms with van der Waals surface area (Å²) in [6.07, 6.45) is 0. The first kappa shape index (κ1) is 18.6. The van der Waals surface area contributed by atoms with E-state index in [2.05, 4.69) is 0 Å². The van der Waals surface area contributed by atoms with Crippen molar-refractivity contribution >= 4 is 23.5 Å². The predicted molar refractivity (Wildman–Crippen MR) is 102 cm³/mol. The molecule has 1 fully saturated rings. The first-order valence-electron chi connectivity index (χ1n) is 8.83. The van der Waals surface area contributed by atoms with Crippen molar-refractivity contribution in [1.82, 2.24) is 4.90 Å². The predicted octanol–water partition coefficient (Wildman–Crippen LogP) is 2.76. The monoisotopic (exact) mass is 366 g/mol. The number of carboxylic acids is 1. The average molecular weight is 366 g/mol. The fourth-order valence-corrected chi connectivity index (χ4v) is 3.38. The molecule has 2 aromatic rings. The Kier molecular flexibility index (Phi) is 5.26. The number of carboxylic acid groups (broad SMARTS) is 1. The summed E-state index contributed by atoms with van der Waals surface area (Å²) in [7, 11) is 1.69. The van der Waals surface area contributed by atoms with Crippen molar-refractivity contribution in [1.29, 1.82) is 0 Å². The van der Waals surface area contributed by atoms with Gasteiger partial charge in [-0.25, -0.2) is 0 Å². The quantitative estimate of drug-likeness (QED) is 0.903.